The molecule has 0 aliphatic rings. The van der Waals surface area contributed by atoms with E-state index in [9.17, 15) is 4.79 Å². The maximum Gasteiger partial charge on any atom is 0.207 e. The van der Waals surface area contributed by atoms with Gasteiger partial charge in [-0.05, 0) is 42.5 Å². The molecule has 1 amide bonds. The van der Waals surface area contributed by atoms with Crippen molar-refractivity contribution in [2.24, 2.45) is 0 Å². The minimum absolute atomic E-state index is 0.580. The molecule has 0 atom stereocenters. The highest BCUT2D eigenvalue weighted by Gasteiger charge is 2.09. The Hall–Kier alpha value is -2.96. The highest BCUT2D eigenvalue weighted by atomic mass is 16.1. The third-order valence-electron chi connectivity index (χ3n) is 4.41. The molecule has 7 heteroatoms. The minimum Gasteiger partial charge on any atom is -0.357 e. The summed E-state index contributed by atoms with van der Waals surface area (Å²) in [5.41, 5.74) is 3.42. The number of fused-ring (bicyclic) bond motifs is 1. The van der Waals surface area contributed by atoms with Crippen LogP contribution >= 0.6 is 0 Å². The number of carbonyl (C=O) groups is 1. The normalized spacial score (nSPS) is 10.8. The fourth-order valence-electron chi connectivity index (χ4n) is 2.90. The van der Waals surface area contributed by atoms with Gasteiger partial charge in [-0.2, -0.15) is 4.52 Å². The molecule has 1 aromatic carbocycles. The molecule has 7 nitrogen and oxygen atoms in total. The van der Waals surface area contributed by atoms with Crippen LogP contribution in [0.15, 0.2) is 42.7 Å². The molecule has 3 rings (SSSR count). The number of rotatable bonds is 10. The number of anilines is 1. The summed E-state index contributed by atoms with van der Waals surface area (Å²) in [6.45, 7) is 4.31. The quantitative estimate of drug-likeness (QED) is 0.445. The lowest BCUT2D eigenvalue weighted by molar-refractivity contribution is -0.109. The van der Waals surface area contributed by atoms with Crippen molar-refractivity contribution in [1.29, 1.82) is 0 Å². The van der Waals surface area contributed by atoms with E-state index in [4.69, 9.17) is 0 Å². The summed E-state index contributed by atoms with van der Waals surface area (Å²) in [7, 11) is 0. The number of hydrogen-bond donors (Lipinski definition) is 1. The Morgan fingerprint density at radius 3 is 2.69 bits per heavy atom. The molecule has 136 valence electrons. The van der Waals surface area contributed by atoms with Crippen LogP contribution in [0.3, 0.4) is 0 Å². The SMILES string of the molecule is CCc1ccc(CCCN(CCNC=O)c2ccc3nncn3n2)cc1. The Balaban J connectivity index is 1.63. The van der Waals surface area contributed by atoms with E-state index in [1.54, 1.807) is 10.8 Å². The van der Waals surface area contributed by atoms with Crippen molar-refractivity contribution in [3.63, 3.8) is 0 Å². The molecule has 2 aromatic heterocycles. The van der Waals surface area contributed by atoms with E-state index >= 15 is 0 Å². The first-order valence-corrected chi connectivity index (χ1v) is 8.97. The molecule has 26 heavy (non-hydrogen) atoms. The summed E-state index contributed by atoms with van der Waals surface area (Å²) in [5, 5.41) is 15.1. The summed E-state index contributed by atoms with van der Waals surface area (Å²) in [5.74, 6) is 0.853. The zero-order valence-electron chi connectivity index (χ0n) is 15.0. The Morgan fingerprint density at radius 1 is 1.12 bits per heavy atom. The van der Waals surface area contributed by atoms with E-state index < -0.39 is 0 Å². The van der Waals surface area contributed by atoms with Crippen molar-refractivity contribution in [3.8, 4) is 0 Å². The number of nitrogens with one attached hydrogen (secondary N) is 1. The van der Waals surface area contributed by atoms with Crippen LogP contribution in [0.25, 0.3) is 5.65 Å². The first-order chi connectivity index (χ1) is 12.8. The molecule has 1 N–H and O–H groups in total. The van der Waals surface area contributed by atoms with Crippen LogP contribution in [0.2, 0.25) is 0 Å². The van der Waals surface area contributed by atoms with Gasteiger partial charge < -0.3 is 10.2 Å². The first kappa shape index (κ1) is 17.8. The van der Waals surface area contributed by atoms with Crippen LogP contribution in [0, 0.1) is 0 Å². The van der Waals surface area contributed by atoms with Crippen molar-refractivity contribution >= 4 is 17.9 Å². The van der Waals surface area contributed by atoms with Gasteiger partial charge in [0.1, 0.15) is 12.1 Å². The fourth-order valence-corrected chi connectivity index (χ4v) is 2.90. The van der Waals surface area contributed by atoms with Gasteiger partial charge in [0, 0.05) is 19.6 Å². The molecule has 0 saturated carbocycles. The number of aryl methyl sites for hydroxylation is 2. The van der Waals surface area contributed by atoms with Gasteiger partial charge >= 0.3 is 0 Å². The Bertz CT molecular complexity index is 829. The van der Waals surface area contributed by atoms with Gasteiger partial charge in [-0.1, -0.05) is 31.2 Å². The topological polar surface area (TPSA) is 75.4 Å². The standard InChI is InChI=1S/C19H24N6O/c1-2-16-5-7-17(8-6-16)4-3-12-24(13-11-20-15-26)19-10-9-18-22-21-14-25(18)23-19/h5-10,14-15H,2-4,11-13H2,1H3,(H,20,26). The summed E-state index contributed by atoms with van der Waals surface area (Å²) in [6, 6.07) is 12.7. The second-order valence-corrected chi connectivity index (χ2v) is 6.16. The van der Waals surface area contributed by atoms with Crippen molar-refractivity contribution < 1.29 is 4.79 Å². The molecule has 3 aromatic rings. The number of hydrogen-bond acceptors (Lipinski definition) is 5. The summed E-state index contributed by atoms with van der Waals surface area (Å²) in [6.07, 6.45) is 5.40. The van der Waals surface area contributed by atoms with Crippen LogP contribution in [0.1, 0.15) is 24.5 Å². The third kappa shape index (κ3) is 4.56. The van der Waals surface area contributed by atoms with Crippen LogP contribution in [-0.4, -0.2) is 45.9 Å². The average Bonchev–Trinajstić information content (AvgIpc) is 3.15. The number of benzene rings is 1. The Kier molecular flexibility index (Phi) is 6.14. The first-order valence-electron chi connectivity index (χ1n) is 8.97. The predicted molar refractivity (Wildman–Crippen MR) is 101 cm³/mol. The highest BCUT2D eigenvalue weighted by molar-refractivity contribution is 5.47. The second kappa shape index (κ2) is 8.94. The predicted octanol–water partition coefficient (Wildman–Crippen LogP) is 1.87. The molecule has 0 bridgehead atoms. The van der Waals surface area contributed by atoms with Crippen molar-refractivity contribution in [2.45, 2.75) is 26.2 Å². The zero-order chi connectivity index (χ0) is 18.2. The van der Waals surface area contributed by atoms with E-state index in [1.807, 2.05) is 12.1 Å². The molecule has 0 fully saturated rings. The largest absolute Gasteiger partial charge is 0.357 e. The van der Waals surface area contributed by atoms with E-state index in [-0.39, 0.29) is 0 Å². The molecule has 0 aliphatic heterocycles. The van der Waals surface area contributed by atoms with Gasteiger partial charge in [-0.3, -0.25) is 4.79 Å². The van der Waals surface area contributed by atoms with E-state index in [2.05, 4.69) is 56.7 Å². The van der Waals surface area contributed by atoms with Gasteiger partial charge in [0.15, 0.2) is 5.65 Å². The number of aromatic nitrogens is 4. The number of amides is 1. The second-order valence-electron chi connectivity index (χ2n) is 6.16. The lowest BCUT2D eigenvalue weighted by Crippen LogP contribution is -2.33. The fraction of sp³-hybridized carbons (Fsp3) is 0.368. The molecular formula is C19H24N6O. The maximum absolute atomic E-state index is 10.5. The van der Waals surface area contributed by atoms with Gasteiger partial charge in [0.2, 0.25) is 6.41 Å². The van der Waals surface area contributed by atoms with E-state index in [1.165, 1.54) is 11.1 Å². The number of carbonyl (C=O) groups excluding carboxylic acids is 1. The molecular weight excluding hydrogens is 328 g/mol. The average molecular weight is 352 g/mol. The Labute approximate surface area is 153 Å². The molecule has 0 spiro atoms. The third-order valence-corrected chi connectivity index (χ3v) is 4.41. The van der Waals surface area contributed by atoms with E-state index in [0.717, 1.165) is 43.7 Å². The van der Waals surface area contributed by atoms with Crippen molar-refractivity contribution in [2.75, 3.05) is 24.5 Å². The summed E-state index contributed by atoms with van der Waals surface area (Å²) < 4.78 is 1.67. The minimum atomic E-state index is 0.580. The number of nitrogens with zero attached hydrogens (tertiary/aromatic N) is 5. The Morgan fingerprint density at radius 2 is 1.92 bits per heavy atom. The lowest BCUT2D eigenvalue weighted by Gasteiger charge is -2.23. The van der Waals surface area contributed by atoms with Crippen molar-refractivity contribution in [3.05, 3.63) is 53.9 Å². The highest BCUT2D eigenvalue weighted by Crippen LogP contribution is 2.13. The smallest absolute Gasteiger partial charge is 0.207 e. The summed E-state index contributed by atoms with van der Waals surface area (Å²) in [4.78, 5) is 12.7. The zero-order valence-corrected chi connectivity index (χ0v) is 15.0. The van der Waals surface area contributed by atoms with Crippen LogP contribution < -0.4 is 10.2 Å². The maximum atomic E-state index is 10.5. The van der Waals surface area contributed by atoms with Gasteiger partial charge in [-0.25, -0.2) is 0 Å². The molecule has 0 aliphatic carbocycles. The van der Waals surface area contributed by atoms with Crippen LogP contribution in [0.4, 0.5) is 5.82 Å². The van der Waals surface area contributed by atoms with Gasteiger partial charge in [-0.15, -0.1) is 15.3 Å². The molecule has 0 radical (unpaired) electrons. The summed E-state index contributed by atoms with van der Waals surface area (Å²) >= 11 is 0. The molecule has 2 heterocycles. The molecule has 0 unspecified atom stereocenters. The van der Waals surface area contributed by atoms with E-state index in [0.29, 0.717) is 13.1 Å². The van der Waals surface area contributed by atoms with Crippen LogP contribution in [-0.2, 0) is 17.6 Å². The van der Waals surface area contributed by atoms with Gasteiger partial charge in [0.25, 0.3) is 0 Å². The van der Waals surface area contributed by atoms with Crippen molar-refractivity contribution in [1.82, 2.24) is 25.1 Å². The van der Waals surface area contributed by atoms with Crippen LogP contribution in [0.5, 0.6) is 0 Å². The van der Waals surface area contributed by atoms with Gasteiger partial charge in [0.05, 0.1) is 0 Å². The lowest BCUT2D eigenvalue weighted by atomic mass is 10.1. The molecule has 0 saturated heterocycles. The monoisotopic (exact) mass is 352 g/mol.